The van der Waals surface area contributed by atoms with E-state index in [9.17, 15) is 9.59 Å². The second-order valence-corrected chi connectivity index (χ2v) is 7.41. The number of rotatable bonds is 7. The van der Waals surface area contributed by atoms with Gasteiger partial charge in [0.2, 0.25) is 0 Å². The van der Waals surface area contributed by atoms with Gasteiger partial charge in [-0.25, -0.2) is 4.79 Å². The fourth-order valence-electron chi connectivity index (χ4n) is 2.75. The summed E-state index contributed by atoms with van der Waals surface area (Å²) in [6.07, 6.45) is 0.366. The molecule has 2 aromatic rings. The van der Waals surface area contributed by atoms with Crippen molar-refractivity contribution in [2.24, 2.45) is 0 Å². The third-order valence-corrected chi connectivity index (χ3v) is 5.59. The molecule has 0 aliphatic carbocycles. The molecular weight excluding hydrogens is 348 g/mol. The SMILES string of the molecule is CC[C@@H](C)c1ccc([C@@H]([NH2+][C@@H](C)C(=O)NC(=O)OC)c2cccs2)cc1. The minimum absolute atomic E-state index is 0.000574. The van der Waals surface area contributed by atoms with E-state index in [-0.39, 0.29) is 11.9 Å². The molecular formula is C20H27N2O3S+. The number of amides is 2. The van der Waals surface area contributed by atoms with Crippen molar-refractivity contribution in [2.45, 2.75) is 45.2 Å². The van der Waals surface area contributed by atoms with Gasteiger partial charge in [0.15, 0.2) is 6.04 Å². The van der Waals surface area contributed by atoms with Crippen LogP contribution >= 0.6 is 11.3 Å². The third kappa shape index (κ3) is 5.16. The molecule has 0 fully saturated rings. The molecule has 2 rings (SSSR count). The van der Waals surface area contributed by atoms with Crippen molar-refractivity contribution in [2.75, 3.05) is 7.11 Å². The smallest absolute Gasteiger partial charge is 0.413 e. The summed E-state index contributed by atoms with van der Waals surface area (Å²) in [4.78, 5) is 24.6. The third-order valence-electron chi connectivity index (χ3n) is 4.63. The number of hydrogen-bond acceptors (Lipinski definition) is 4. The number of thiophene rings is 1. The number of imide groups is 1. The van der Waals surface area contributed by atoms with Crippen molar-refractivity contribution in [3.8, 4) is 0 Å². The van der Waals surface area contributed by atoms with E-state index >= 15 is 0 Å². The Hall–Kier alpha value is -2.18. The van der Waals surface area contributed by atoms with E-state index in [1.165, 1.54) is 17.6 Å². The van der Waals surface area contributed by atoms with Gasteiger partial charge < -0.3 is 10.1 Å². The number of carbonyl (C=O) groups is 2. The number of alkyl carbamates (subject to hydrolysis) is 1. The zero-order chi connectivity index (χ0) is 19.1. The van der Waals surface area contributed by atoms with Crippen LogP contribution in [0, 0.1) is 0 Å². The average Bonchev–Trinajstić information content (AvgIpc) is 3.19. The fraction of sp³-hybridized carbons (Fsp3) is 0.400. The lowest BCUT2D eigenvalue weighted by molar-refractivity contribution is -0.704. The Morgan fingerprint density at radius 2 is 1.81 bits per heavy atom. The molecule has 3 N–H and O–H groups in total. The quantitative estimate of drug-likeness (QED) is 0.781. The van der Waals surface area contributed by atoms with Crippen molar-refractivity contribution >= 4 is 23.3 Å². The lowest BCUT2D eigenvalue weighted by atomic mass is 9.95. The van der Waals surface area contributed by atoms with E-state index in [4.69, 9.17) is 0 Å². The van der Waals surface area contributed by atoms with Crippen LogP contribution in [0.4, 0.5) is 4.79 Å². The first kappa shape index (κ1) is 20.1. The standard InChI is InChI=1S/C20H26N2O3S/c1-5-13(2)15-8-10-16(11-9-15)18(17-7-6-12-26-17)21-14(3)19(23)22-20(24)25-4/h6-14,18,21H,5H2,1-4H3,(H,22,23,24)/p+1/t13-,14+,18-/m1/s1. The monoisotopic (exact) mass is 375 g/mol. The molecule has 0 spiro atoms. The molecule has 140 valence electrons. The Labute approximate surface area is 158 Å². The molecule has 0 saturated heterocycles. The summed E-state index contributed by atoms with van der Waals surface area (Å²) in [5.41, 5.74) is 2.45. The molecule has 0 aliphatic heterocycles. The Morgan fingerprint density at radius 1 is 1.15 bits per heavy atom. The molecule has 1 aromatic heterocycles. The Kier molecular flexibility index (Phi) is 7.36. The highest BCUT2D eigenvalue weighted by atomic mass is 32.1. The van der Waals surface area contributed by atoms with Gasteiger partial charge in [-0.15, -0.1) is 11.3 Å². The van der Waals surface area contributed by atoms with Gasteiger partial charge >= 0.3 is 6.09 Å². The second-order valence-electron chi connectivity index (χ2n) is 6.43. The van der Waals surface area contributed by atoms with E-state index in [0.29, 0.717) is 5.92 Å². The first-order chi connectivity index (χ1) is 12.5. The summed E-state index contributed by atoms with van der Waals surface area (Å²) in [7, 11) is 1.24. The van der Waals surface area contributed by atoms with Gasteiger partial charge in [-0.2, -0.15) is 0 Å². The number of quaternary nitrogens is 1. The van der Waals surface area contributed by atoms with E-state index in [0.717, 1.165) is 12.0 Å². The summed E-state index contributed by atoms with van der Waals surface area (Å²) in [6, 6.07) is 12.2. The van der Waals surface area contributed by atoms with Crippen LogP contribution in [-0.4, -0.2) is 25.2 Å². The van der Waals surface area contributed by atoms with Gasteiger partial charge in [-0.05, 0) is 36.3 Å². The number of carbonyl (C=O) groups excluding carboxylic acids is 2. The highest BCUT2D eigenvalue weighted by molar-refractivity contribution is 7.10. The Balaban J connectivity index is 2.19. The molecule has 0 saturated carbocycles. The maximum atomic E-state index is 12.2. The van der Waals surface area contributed by atoms with Gasteiger partial charge in [-0.1, -0.05) is 44.2 Å². The largest absolute Gasteiger partial charge is 0.453 e. The predicted molar refractivity (Wildman–Crippen MR) is 103 cm³/mol. The van der Waals surface area contributed by atoms with Gasteiger partial charge in [0.05, 0.1) is 12.0 Å². The maximum Gasteiger partial charge on any atom is 0.413 e. The van der Waals surface area contributed by atoms with Crippen LogP contribution in [0.2, 0.25) is 0 Å². The number of methoxy groups -OCH3 is 1. The number of nitrogens with two attached hydrogens (primary N) is 1. The molecule has 2 amide bonds. The Morgan fingerprint density at radius 3 is 2.35 bits per heavy atom. The van der Waals surface area contributed by atoms with Crippen LogP contribution in [0.25, 0.3) is 0 Å². The van der Waals surface area contributed by atoms with Crippen molar-refractivity contribution in [3.63, 3.8) is 0 Å². The van der Waals surface area contributed by atoms with Crippen LogP contribution in [0.5, 0.6) is 0 Å². The van der Waals surface area contributed by atoms with Crippen molar-refractivity contribution in [1.29, 1.82) is 0 Å². The predicted octanol–water partition coefficient (Wildman–Crippen LogP) is 3.19. The summed E-state index contributed by atoms with van der Waals surface area (Å²) < 4.78 is 4.50. The summed E-state index contributed by atoms with van der Waals surface area (Å²) in [5, 5.41) is 6.24. The van der Waals surface area contributed by atoms with Gasteiger partial charge in [0.1, 0.15) is 6.04 Å². The zero-order valence-electron chi connectivity index (χ0n) is 15.7. The molecule has 26 heavy (non-hydrogen) atoms. The number of ether oxygens (including phenoxy) is 1. The van der Waals surface area contributed by atoms with E-state index in [2.05, 4.69) is 54.2 Å². The average molecular weight is 376 g/mol. The highest BCUT2D eigenvalue weighted by Crippen LogP contribution is 2.25. The van der Waals surface area contributed by atoms with Crippen LogP contribution in [0.3, 0.4) is 0 Å². The van der Waals surface area contributed by atoms with Gasteiger partial charge in [0.25, 0.3) is 5.91 Å². The first-order valence-electron chi connectivity index (χ1n) is 8.83. The minimum atomic E-state index is -0.735. The highest BCUT2D eigenvalue weighted by Gasteiger charge is 2.26. The molecule has 0 bridgehead atoms. The van der Waals surface area contributed by atoms with Crippen molar-refractivity contribution < 1.29 is 19.6 Å². The molecule has 0 radical (unpaired) electrons. The van der Waals surface area contributed by atoms with Gasteiger partial charge in [-0.3, -0.25) is 10.1 Å². The van der Waals surface area contributed by atoms with Crippen molar-refractivity contribution in [1.82, 2.24) is 5.32 Å². The number of hydrogen-bond donors (Lipinski definition) is 2. The maximum absolute atomic E-state index is 12.2. The number of benzene rings is 1. The second kappa shape index (κ2) is 9.50. The zero-order valence-corrected chi connectivity index (χ0v) is 16.5. The van der Waals surface area contributed by atoms with Crippen LogP contribution < -0.4 is 10.6 Å². The minimum Gasteiger partial charge on any atom is -0.453 e. The van der Waals surface area contributed by atoms with Gasteiger partial charge in [0, 0.05) is 5.56 Å². The number of nitrogens with one attached hydrogen (secondary N) is 1. The molecule has 1 aromatic carbocycles. The lowest BCUT2D eigenvalue weighted by Crippen LogP contribution is -2.92. The first-order valence-corrected chi connectivity index (χ1v) is 9.71. The molecule has 0 aliphatic rings. The summed E-state index contributed by atoms with van der Waals surface area (Å²) in [6.45, 7) is 6.19. The fourth-order valence-corrected chi connectivity index (χ4v) is 3.58. The molecule has 5 nitrogen and oxygen atoms in total. The Bertz CT molecular complexity index is 713. The normalized spacial score (nSPS) is 14.3. The topological polar surface area (TPSA) is 72.0 Å². The van der Waals surface area contributed by atoms with E-state index in [1.54, 1.807) is 18.3 Å². The van der Waals surface area contributed by atoms with Crippen molar-refractivity contribution in [3.05, 3.63) is 57.8 Å². The van der Waals surface area contributed by atoms with Crippen LogP contribution in [-0.2, 0) is 9.53 Å². The van der Waals surface area contributed by atoms with E-state index < -0.39 is 12.1 Å². The lowest BCUT2D eigenvalue weighted by Gasteiger charge is -2.20. The molecule has 0 unspecified atom stereocenters. The molecule has 6 heteroatoms. The van der Waals surface area contributed by atoms with Crippen LogP contribution in [0.15, 0.2) is 41.8 Å². The van der Waals surface area contributed by atoms with E-state index in [1.807, 2.05) is 16.8 Å². The summed E-state index contributed by atoms with van der Waals surface area (Å²) in [5.74, 6) is 0.160. The molecule has 3 atom stereocenters. The van der Waals surface area contributed by atoms with Crippen LogP contribution in [0.1, 0.15) is 55.2 Å². The summed E-state index contributed by atoms with van der Waals surface area (Å²) >= 11 is 1.66. The molecule has 1 heterocycles.